The summed E-state index contributed by atoms with van der Waals surface area (Å²) in [5.74, 6) is 2.65. The van der Waals surface area contributed by atoms with E-state index in [2.05, 4.69) is 64.8 Å². The molecule has 5 rings (SSSR count). The first-order chi connectivity index (χ1) is 13.3. The molecule has 4 nitrogen and oxygen atoms in total. The number of hydrogen-bond donors (Lipinski definition) is 1. The topological polar surface area (TPSA) is 41.1 Å². The van der Waals surface area contributed by atoms with E-state index < -0.39 is 0 Å². The van der Waals surface area contributed by atoms with E-state index in [1.807, 2.05) is 0 Å². The fourth-order valence-corrected chi connectivity index (χ4v) is 4.02. The lowest BCUT2D eigenvalue weighted by Gasteiger charge is -2.32. The Morgan fingerprint density at radius 1 is 0.852 bits per heavy atom. The molecule has 0 unspecified atom stereocenters. The molecule has 0 bridgehead atoms. The summed E-state index contributed by atoms with van der Waals surface area (Å²) in [6, 6.07) is 19.8. The van der Waals surface area contributed by atoms with Crippen LogP contribution in [0.3, 0.4) is 0 Å². The van der Waals surface area contributed by atoms with E-state index in [9.17, 15) is 0 Å². The van der Waals surface area contributed by atoms with Gasteiger partial charge in [0, 0.05) is 24.5 Å². The van der Waals surface area contributed by atoms with Gasteiger partial charge in [0.05, 0.1) is 5.52 Å². The van der Waals surface area contributed by atoms with Crippen LogP contribution in [0.2, 0.25) is 0 Å². The van der Waals surface area contributed by atoms with E-state index in [1.165, 1.54) is 37.7 Å². The molecule has 138 valence electrons. The molecule has 1 aliphatic carbocycles. The summed E-state index contributed by atoms with van der Waals surface area (Å²) >= 11 is 0. The molecular weight excluding hydrogens is 332 g/mol. The molecular formula is C23H26N4. The van der Waals surface area contributed by atoms with Crippen molar-refractivity contribution in [3.8, 4) is 0 Å². The van der Waals surface area contributed by atoms with Gasteiger partial charge in [0.2, 0.25) is 5.95 Å². The Kier molecular flexibility index (Phi) is 4.40. The monoisotopic (exact) mass is 358 g/mol. The lowest BCUT2D eigenvalue weighted by Crippen LogP contribution is -2.35. The van der Waals surface area contributed by atoms with Crippen LogP contribution in [0, 0.1) is 5.92 Å². The van der Waals surface area contributed by atoms with Gasteiger partial charge in [-0.15, -0.1) is 0 Å². The van der Waals surface area contributed by atoms with E-state index in [1.54, 1.807) is 0 Å². The van der Waals surface area contributed by atoms with Gasteiger partial charge in [-0.25, -0.2) is 4.98 Å². The maximum Gasteiger partial charge on any atom is 0.227 e. The molecule has 0 spiro atoms. The Labute approximate surface area is 160 Å². The molecule has 1 aromatic heterocycles. The normalized spacial score (nSPS) is 18.0. The third-order valence-corrected chi connectivity index (χ3v) is 5.77. The SMILES string of the molecule is c1ccc(CC2CCN(c3nc(NC4CC4)c4ccccc4n3)CC2)cc1. The summed E-state index contributed by atoms with van der Waals surface area (Å²) < 4.78 is 0. The van der Waals surface area contributed by atoms with Crippen LogP contribution >= 0.6 is 0 Å². The van der Waals surface area contributed by atoms with Crippen LogP contribution in [0.25, 0.3) is 10.9 Å². The number of nitrogens with one attached hydrogen (secondary N) is 1. The molecule has 2 heterocycles. The maximum atomic E-state index is 4.92. The Morgan fingerprint density at radius 3 is 2.37 bits per heavy atom. The first-order valence-electron chi connectivity index (χ1n) is 10.2. The molecule has 0 radical (unpaired) electrons. The van der Waals surface area contributed by atoms with Gasteiger partial charge >= 0.3 is 0 Å². The molecule has 2 aromatic carbocycles. The van der Waals surface area contributed by atoms with E-state index in [4.69, 9.17) is 9.97 Å². The lowest BCUT2D eigenvalue weighted by atomic mass is 9.90. The van der Waals surface area contributed by atoms with Gasteiger partial charge in [0.25, 0.3) is 0 Å². The highest BCUT2D eigenvalue weighted by Gasteiger charge is 2.25. The van der Waals surface area contributed by atoms with Gasteiger partial charge < -0.3 is 10.2 Å². The van der Waals surface area contributed by atoms with Crippen molar-refractivity contribution in [2.75, 3.05) is 23.3 Å². The second-order valence-electron chi connectivity index (χ2n) is 7.93. The van der Waals surface area contributed by atoms with E-state index in [0.717, 1.165) is 41.7 Å². The van der Waals surface area contributed by atoms with Crippen LogP contribution in [0.1, 0.15) is 31.2 Å². The van der Waals surface area contributed by atoms with E-state index in [-0.39, 0.29) is 0 Å². The van der Waals surface area contributed by atoms with Gasteiger partial charge in [-0.2, -0.15) is 4.98 Å². The number of nitrogens with zero attached hydrogens (tertiary/aromatic N) is 3. The first kappa shape index (κ1) is 16.5. The average Bonchev–Trinajstić information content (AvgIpc) is 3.53. The summed E-state index contributed by atoms with van der Waals surface area (Å²) in [6.45, 7) is 2.08. The molecule has 1 N–H and O–H groups in total. The van der Waals surface area contributed by atoms with Crippen molar-refractivity contribution in [3.63, 3.8) is 0 Å². The smallest absolute Gasteiger partial charge is 0.227 e. The van der Waals surface area contributed by atoms with Gasteiger partial charge in [0.15, 0.2) is 0 Å². The maximum absolute atomic E-state index is 4.92. The highest BCUT2D eigenvalue weighted by Crippen LogP contribution is 2.31. The van der Waals surface area contributed by atoms with Crippen molar-refractivity contribution in [2.24, 2.45) is 5.92 Å². The zero-order valence-corrected chi connectivity index (χ0v) is 15.6. The number of rotatable bonds is 5. The predicted molar refractivity (Wildman–Crippen MR) is 111 cm³/mol. The number of hydrogen-bond acceptors (Lipinski definition) is 4. The number of fused-ring (bicyclic) bond motifs is 1. The van der Waals surface area contributed by atoms with Gasteiger partial charge in [-0.1, -0.05) is 42.5 Å². The Hall–Kier alpha value is -2.62. The Morgan fingerprint density at radius 2 is 1.59 bits per heavy atom. The van der Waals surface area contributed by atoms with Crippen LogP contribution in [-0.2, 0) is 6.42 Å². The first-order valence-corrected chi connectivity index (χ1v) is 10.2. The highest BCUT2D eigenvalue weighted by atomic mass is 15.3. The number of anilines is 2. The Bertz CT molecular complexity index is 912. The summed E-state index contributed by atoms with van der Waals surface area (Å²) in [6.07, 6.45) is 6.09. The van der Waals surface area contributed by atoms with E-state index >= 15 is 0 Å². The summed E-state index contributed by atoms with van der Waals surface area (Å²) in [7, 11) is 0. The highest BCUT2D eigenvalue weighted by molar-refractivity contribution is 5.90. The van der Waals surface area contributed by atoms with Crippen LogP contribution in [0.15, 0.2) is 54.6 Å². The zero-order valence-electron chi connectivity index (χ0n) is 15.6. The minimum atomic E-state index is 0.591. The molecule has 2 aliphatic rings. The predicted octanol–water partition coefficient (Wildman–Crippen LogP) is 4.66. The summed E-state index contributed by atoms with van der Waals surface area (Å²) in [5, 5.41) is 4.73. The van der Waals surface area contributed by atoms with Crippen LogP contribution < -0.4 is 10.2 Å². The van der Waals surface area contributed by atoms with Gasteiger partial charge in [0.1, 0.15) is 5.82 Å². The molecule has 3 aromatic rings. The zero-order chi connectivity index (χ0) is 18.1. The van der Waals surface area contributed by atoms with E-state index in [0.29, 0.717) is 6.04 Å². The quantitative estimate of drug-likeness (QED) is 0.720. The lowest BCUT2D eigenvalue weighted by molar-refractivity contribution is 0.401. The number of piperidine rings is 1. The van der Waals surface area contributed by atoms with Crippen molar-refractivity contribution in [1.82, 2.24) is 9.97 Å². The number of para-hydroxylation sites is 1. The van der Waals surface area contributed by atoms with Crippen LogP contribution in [-0.4, -0.2) is 29.1 Å². The second kappa shape index (κ2) is 7.18. The minimum Gasteiger partial charge on any atom is -0.367 e. The van der Waals surface area contributed by atoms with Gasteiger partial charge in [-0.05, 0) is 55.7 Å². The molecule has 1 saturated heterocycles. The second-order valence-corrected chi connectivity index (χ2v) is 7.93. The Balaban J connectivity index is 1.32. The van der Waals surface area contributed by atoms with Crippen molar-refractivity contribution in [2.45, 2.75) is 38.1 Å². The van der Waals surface area contributed by atoms with Crippen molar-refractivity contribution >= 4 is 22.7 Å². The summed E-state index contributed by atoms with van der Waals surface area (Å²) in [5.41, 5.74) is 2.49. The molecule has 0 amide bonds. The average molecular weight is 358 g/mol. The standard InChI is InChI=1S/C23H26N4/c1-2-6-17(7-3-1)16-18-12-14-27(15-13-18)23-25-21-9-5-4-8-20(21)22(26-23)24-19-10-11-19/h1-9,18-19H,10-16H2,(H,24,25,26). The minimum absolute atomic E-state index is 0.591. The van der Waals surface area contributed by atoms with Crippen molar-refractivity contribution in [3.05, 3.63) is 60.2 Å². The van der Waals surface area contributed by atoms with Crippen molar-refractivity contribution < 1.29 is 0 Å². The van der Waals surface area contributed by atoms with Gasteiger partial charge in [-0.3, -0.25) is 0 Å². The number of benzene rings is 2. The molecule has 27 heavy (non-hydrogen) atoms. The molecule has 1 aliphatic heterocycles. The largest absolute Gasteiger partial charge is 0.367 e. The number of aromatic nitrogens is 2. The molecule has 4 heteroatoms. The molecule has 1 saturated carbocycles. The third-order valence-electron chi connectivity index (χ3n) is 5.77. The van der Waals surface area contributed by atoms with Crippen LogP contribution in [0.4, 0.5) is 11.8 Å². The third kappa shape index (κ3) is 3.75. The van der Waals surface area contributed by atoms with Crippen LogP contribution in [0.5, 0.6) is 0 Å². The molecule has 0 atom stereocenters. The summed E-state index contributed by atoms with van der Waals surface area (Å²) in [4.78, 5) is 12.2. The molecule has 2 fully saturated rings. The fraction of sp³-hybridized carbons (Fsp3) is 0.391. The van der Waals surface area contributed by atoms with Crippen molar-refractivity contribution in [1.29, 1.82) is 0 Å². The fourth-order valence-electron chi connectivity index (χ4n) is 4.02.